The van der Waals surface area contributed by atoms with E-state index in [2.05, 4.69) is 5.32 Å². The molecule has 0 unspecified atom stereocenters. The maximum atomic E-state index is 12.1. The summed E-state index contributed by atoms with van der Waals surface area (Å²) in [5.74, 6) is -0.356. The first-order valence-corrected chi connectivity index (χ1v) is 7.19. The van der Waals surface area contributed by atoms with Crippen molar-refractivity contribution in [3.63, 3.8) is 0 Å². The number of nitrogens with one attached hydrogen (secondary N) is 1. The molecule has 0 saturated heterocycles. The molecule has 4 nitrogen and oxygen atoms in total. The highest BCUT2D eigenvalue weighted by Crippen LogP contribution is 2.09. The third-order valence-corrected chi connectivity index (χ3v) is 3.53. The van der Waals surface area contributed by atoms with Gasteiger partial charge in [0.05, 0.1) is 6.54 Å². The zero-order valence-corrected chi connectivity index (χ0v) is 12.9. The first-order valence-electron chi connectivity index (χ1n) is 7.19. The summed E-state index contributed by atoms with van der Waals surface area (Å²) in [4.78, 5) is 25.6. The van der Waals surface area contributed by atoms with Gasteiger partial charge >= 0.3 is 0 Å². The molecule has 2 aromatic carbocycles. The summed E-state index contributed by atoms with van der Waals surface area (Å²) >= 11 is 0. The van der Waals surface area contributed by atoms with Crippen LogP contribution in [0.15, 0.2) is 54.6 Å². The minimum Gasteiger partial charge on any atom is -0.343 e. The summed E-state index contributed by atoms with van der Waals surface area (Å²) in [6, 6.07) is 16.8. The highest BCUT2D eigenvalue weighted by atomic mass is 16.2. The summed E-state index contributed by atoms with van der Waals surface area (Å²) < 4.78 is 0. The van der Waals surface area contributed by atoms with Crippen LogP contribution in [-0.2, 0) is 11.3 Å². The minimum atomic E-state index is -0.238. The predicted octanol–water partition coefficient (Wildman–Crippen LogP) is 2.38. The van der Waals surface area contributed by atoms with Gasteiger partial charge in [-0.2, -0.15) is 0 Å². The van der Waals surface area contributed by atoms with Crippen molar-refractivity contribution in [1.82, 2.24) is 10.2 Å². The zero-order chi connectivity index (χ0) is 15.9. The molecule has 4 heteroatoms. The Morgan fingerprint density at radius 2 is 1.64 bits per heavy atom. The molecule has 0 bridgehead atoms. The van der Waals surface area contributed by atoms with Gasteiger partial charge in [-0.15, -0.1) is 0 Å². The van der Waals surface area contributed by atoms with Crippen molar-refractivity contribution in [2.24, 2.45) is 0 Å². The van der Waals surface area contributed by atoms with E-state index in [9.17, 15) is 9.59 Å². The van der Waals surface area contributed by atoms with E-state index in [-0.39, 0.29) is 18.4 Å². The number of carbonyl (C=O) groups is 2. The third kappa shape index (κ3) is 4.19. The quantitative estimate of drug-likeness (QED) is 0.921. The summed E-state index contributed by atoms with van der Waals surface area (Å²) in [6.45, 7) is 2.55. The Bertz CT molecular complexity index is 653. The average Bonchev–Trinajstić information content (AvgIpc) is 2.55. The molecule has 2 aromatic rings. The van der Waals surface area contributed by atoms with Crippen LogP contribution in [0.2, 0.25) is 0 Å². The summed E-state index contributed by atoms with van der Waals surface area (Å²) in [6.07, 6.45) is 0. The van der Waals surface area contributed by atoms with Gasteiger partial charge in [0.25, 0.3) is 5.91 Å². The molecule has 0 atom stereocenters. The number of likely N-dealkylation sites (N-methyl/N-ethyl adjacent to an activating group) is 1. The molecule has 0 fully saturated rings. The number of benzene rings is 2. The topological polar surface area (TPSA) is 49.4 Å². The Balaban J connectivity index is 1.87. The normalized spacial score (nSPS) is 10.1. The van der Waals surface area contributed by atoms with E-state index < -0.39 is 0 Å². The van der Waals surface area contributed by atoms with Gasteiger partial charge in [-0.25, -0.2) is 0 Å². The standard InChI is InChI=1S/C18H20N2O2/c1-14-8-6-7-11-16(14)13-20(2)17(21)12-19-18(22)15-9-4-3-5-10-15/h3-11H,12-13H2,1-2H3,(H,19,22). The predicted molar refractivity (Wildman–Crippen MR) is 86.4 cm³/mol. The SMILES string of the molecule is Cc1ccccc1CN(C)C(=O)CNC(=O)c1ccccc1. The molecule has 0 aliphatic carbocycles. The number of hydrogen-bond acceptors (Lipinski definition) is 2. The number of aryl methyl sites for hydroxylation is 1. The van der Waals surface area contributed by atoms with Gasteiger partial charge in [-0.05, 0) is 30.2 Å². The molecule has 0 aliphatic heterocycles. The molecule has 1 N–H and O–H groups in total. The Hall–Kier alpha value is -2.62. The van der Waals surface area contributed by atoms with Crippen LogP contribution >= 0.6 is 0 Å². The molecule has 0 aromatic heterocycles. The molecule has 2 amide bonds. The number of rotatable bonds is 5. The van der Waals surface area contributed by atoms with E-state index in [1.807, 2.05) is 37.3 Å². The van der Waals surface area contributed by atoms with Crippen LogP contribution in [0.25, 0.3) is 0 Å². The van der Waals surface area contributed by atoms with Crippen molar-refractivity contribution >= 4 is 11.8 Å². The second-order valence-corrected chi connectivity index (χ2v) is 5.22. The largest absolute Gasteiger partial charge is 0.343 e. The molecule has 22 heavy (non-hydrogen) atoms. The Morgan fingerprint density at radius 3 is 2.32 bits per heavy atom. The van der Waals surface area contributed by atoms with Crippen LogP contribution < -0.4 is 5.32 Å². The molecule has 114 valence electrons. The number of amides is 2. The van der Waals surface area contributed by atoms with Gasteiger partial charge in [0, 0.05) is 19.2 Å². The van der Waals surface area contributed by atoms with Crippen LogP contribution in [0.3, 0.4) is 0 Å². The third-order valence-electron chi connectivity index (χ3n) is 3.53. The maximum Gasteiger partial charge on any atom is 0.251 e. The lowest BCUT2D eigenvalue weighted by atomic mass is 10.1. The molecule has 0 aliphatic rings. The first-order chi connectivity index (χ1) is 10.6. The fraction of sp³-hybridized carbons (Fsp3) is 0.222. The molecule has 0 radical (unpaired) electrons. The molecule has 0 heterocycles. The second-order valence-electron chi connectivity index (χ2n) is 5.22. The van der Waals surface area contributed by atoms with E-state index in [1.165, 1.54) is 0 Å². The summed E-state index contributed by atoms with van der Waals surface area (Å²) in [5, 5.41) is 2.65. The van der Waals surface area contributed by atoms with E-state index in [0.717, 1.165) is 11.1 Å². The van der Waals surface area contributed by atoms with Gasteiger partial charge in [0.15, 0.2) is 0 Å². The highest BCUT2D eigenvalue weighted by Gasteiger charge is 2.12. The van der Waals surface area contributed by atoms with Crippen LogP contribution in [0.4, 0.5) is 0 Å². The number of hydrogen-bond donors (Lipinski definition) is 1. The second kappa shape index (κ2) is 7.41. The fourth-order valence-electron chi connectivity index (χ4n) is 2.11. The van der Waals surface area contributed by atoms with Gasteiger partial charge in [-0.3, -0.25) is 9.59 Å². The molecule has 0 spiro atoms. The lowest BCUT2D eigenvalue weighted by Gasteiger charge is -2.18. The van der Waals surface area contributed by atoms with Crippen molar-refractivity contribution in [3.05, 3.63) is 71.3 Å². The maximum absolute atomic E-state index is 12.1. The first kappa shape index (κ1) is 15.8. The average molecular weight is 296 g/mol. The Labute approximate surface area is 130 Å². The van der Waals surface area contributed by atoms with Crippen molar-refractivity contribution in [1.29, 1.82) is 0 Å². The van der Waals surface area contributed by atoms with Gasteiger partial charge in [0.1, 0.15) is 0 Å². The number of nitrogens with zero attached hydrogens (tertiary/aromatic N) is 1. The zero-order valence-electron chi connectivity index (χ0n) is 12.9. The van der Waals surface area contributed by atoms with Gasteiger partial charge in [0.2, 0.25) is 5.91 Å². The minimum absolute atomic E-state index is 0.00386. The lowest BCUT2D eigenvalue weighted by molar-refractivity contribution is -0.129. The lowest BCUT2D eigenvalue weighted by Crippen LogP contribution is -2.37. The summed E-state index contributed by atoms with van der Waals surface area (Å²) in [5.41, 5.74) is 2.81. The van der Waals surface area contributed by atoms with Crippen molar-refractivity contribution in [2.45, 2.75) is 13.5 Å². The van der Waals surface area contributed by atoms with Crippen molar-refractivity contribution in [3.8, 4) is 0 Å². The van der Waals surface area contributed by atoms with Gasteiger partial charge < -0.3 is 10.2 Å². The number of carbonyl (C=O) groups excluding carboxylic acids is 2. The summed E-state index contributed by atoms with van der Waals surface area (Å²) in [7, 11) is 1.74. The monoisotopic (exact) mass is 296 g/mol. The molecular formula is C18H20N2O2. The van der Waals surface area contributed by atoms with Crippen molar-refractivity contribution in [2.75, 3.05) is 13.6 Å². The van der Waals surface area contributed by atoms with Gasteiger partial charge in [-0.1, -0.05) is 42.5 Å². The van der Waals surface area contributed by atoms with E-state index in [4.69, 9.17) is 0 Å². The smallest absolute Gasteiger partial charge is 0.251 e. The van der Waals surface area contributed by atoms with E-state index in [1.54, 1.807) is 36.2 Å². The van der Waals surface area contributed by atoms with Crippen LogP contribution in [0.1, 0.15) is 21.5 Å². The van der Waals surface area contributed by atoms with Crippen LogP contribution in [-0.4, -0.2) is 30.3 Å². The molecule has 2 rings (SSSR count). The highest BCUT2D eigenvalue weighted by molar-refractivity contribution is 5.96. The Kier molecular flexibility index (Phi) is 5.31. The van der Waals surface area contributed by atoms with Crippen LogP contribution in [0.5, 0.6) is 0 Å². The molecular weight excluding hydrogens is 276 g/mol. The van der Waals surface area contributed by atoms with Crippen molar-refractivity contribution < 1.29 is 9.59 Å². The fourth-order valence-corrected chi connectivity index (χ4v) is 2.11. The Morgan fingerprint density at radius 1 is 1.00 bits per heavy atom. The van der Waals surface area contributed by atoms with E-state index in [0.29, 0.717) is 12.1 Å². The van der Waals surface area contributed by atoms with E-state index >= 15 is 0 Å². The molecule has 0 saturated carbocycles. The van der Waals surface area contributed by atoms with Crippen LogP contribution in [0, 0.1) is 6.92 Å².